The number of nitrogens with two attached hydrogens (primary N) is 1. The predicted molar refractivity (Wildman–Crippen MR) is 80.6 cm³/mol. The molecule has 0 heterocycles. The molecule has 2 nitrogen and oxygen atoms in total. The highest BCUT2D eigenvalue weighted by Crippen LogP contribution is 2.11. The van der Waals surface area contributed by atoms with Gasteiger partial charge >= 0.3 is 0 Å². The molecule has 0 aliphatic heterocycles. The van der Waals surface area contributed by atoms with Gasteiger partial charge in [-0.1, -0.05) is 51.7 Å². The second-order valence-electron chi connectivity index (χ2n) is 5.03. The monoisotopic (exact) mass is 248 g/mol. The van der Waals surface area contributed by atoms with Gasteiger partial charge in [-0.2, -0.15) is 0 Å². The van der Waals surface area contributed by atoms with Gasteiger partial charge in [0.05, 0.1) is 0 Å². The lowest BCUT2D eigenvalue weighted by Gasteiger charge is -2.20. The van der Waals surface area contributed by atoms with Gasteiger partial charge in [0.1, 0.15) is 0 Å². The van der Waals surface area contributed by atoms with Gasteiger partial charge in [0.2, 0.25) is 0 Å². The Kier molecular flexibility index (Phi) is 7.51. The van der Waals surface area contributed by atoms with E-state index in [0.717, 1.165) is 18.8 Å². The van der Waals surface area contributed by atoms with Gasteiger partial charge in [0.15, 0.2) is 0 Å². The first-order valence-electron chi connectivity index (χ1n) is 7.33. The maximum atomic E-state index is 5.81. The molecule has 0 saturated heterocycles. The number of benzene rings is 1. The third-order valence-electron chi connectivity index (χ3n) is 3.38. The zero-order valence-electron chi connectivity index (χ0n) is 12.0. The summed E-state index contributed by atoms with van der Waals surface area (Å²) in [7, 11) is 0. The summed E-state index contributed by atoms with van der Waals surface area (Å²) in [5, 5.41) is 0. The van der Waals surface area contributed by atoms with E-state index in [1.807, 2.05) is 12.1 Å². The van der Waals surface area contributed by atoms with Crippen LogP contribution in [0.4, 0.5) is 5.69 Å². The molecule has 0 atom stereocenters. The Labute approximate surface area is 112 Å². The quantitative estimate of drug-likeness (QED) is 0.527. The van der Waals surface area contributed by atoms with E-state index in [-0.39, 0.29) is 0 Å². The van der Waals surface area contributed by atoms with E-state index >= 15 is 0 Å². The third-order valence-corrected chi connectivity index (χ3v) is 3.38. The molecule has 1 rings (SSSR count). The first-order valence-corrected chi connectivity index (χ1v) is 7.33. The molecular formula is C16H28N2. The molecule has 0 spiro atoms. The molecule has 0 aliphatic rings. The van der Waals surface area contributed by atoms with Crippen molar-refractivity contribution in [1.82, 2.24) is 4.90 Å². The van der Waals surface area contributed by atoms with Gasteiger partial charge in [-0.15, -0.1) is 0 Å². The molecule has 0 radical (unpaired) electrons. The van der Waals surface area contributed by atoms with E-state index in [4.69, 9.17) is 5.73 Å². The predicted octanol–water partition coefficient (Wildman–Crippen LogP) is 4.06. The molecule has 0 aliphatic carbocycles. The van der Waals surface area contributed by atoms with Crippen molar-refractivity contribution in [3.8, 4) is 0 Å². The summed E-state index contributed by atoms with van der Waals surface area (Å²) >= 11 is 0. The van der Waals surface area contributed by atoms with Gasteiger partial charge in [-0.25, -0.2) is 0 Å². The Hall–Kier alpha value is -1.02. The molecule has 0 unspecified atom stereocenters. The maximum absolute atomic E-state index is 5.81. The molecule has 0 amide bonds. The first kappa shape index (κ1) is 15.0. The number of nitrogen functional groups attached to an aromatic ring is 1. The molecule has 0 bridgehead atoms. The SMILES string of the molecule is CCCCCCCN(CC)Cc1cccc(N)c1. The summed E-state index contributed by atoms with van der Waals surface area (Å²) in [6.07, 6.45) is 6.76. The molecule has 0 fully saturated rings. The van der Waals surface area contributed by atoms with Crippen LogP contribution in [0.25, 0.3) is 0 Å². The number of unbranched alkanes of at least 4 members (excludes halogenated alkanes) is 4. The smallest absolute Gasteiger partial charge is 0.0317 e. The second-order valence-corrected chi connectivity index (χ2v) is 5.03. The highest BCUT2D eigenvalue weighted by atomic mass is 15.1. The van der Waals surface area contributed by atoms with Crippen LogP contribution in [0.15, 0.2) is 24.3 Å². The van der Waals surface area contributed by atoms with E-state index < -0.39 is 0 Å². The minimum absolute atomic E-state index is 0.867. The number of rotatable bonds is 9. The molecule has 18 heavy (non-hydrogen) atoms. The van der Waals surface area contributed by atoms with Gasteiger partial charge in [-0.05, 0) is 37.2 Å². The summed E-state index contributed by atoms with van der Waals surface area (Å²) in [5.41, 5.74) is 8.00. The van der Waals surface area contributed by atoms with Crippen LogP contribution >= 0.6 is 0 Å². The van der Waals surface area contributed by atoms with E-state index in [1.54, 1.807) is 0 Å². The highest BCUT2D eigenvalue weighted by molar-refractivity contribution is 5.40. The lowest BCUT2D eigenvalue weighted by Crippen LogP contribution is -2.24. The number of hydrogen-bond donors (Lipinski definition) is 1. The zero-order valence-corrected chi connectivity index (χ0v) is 12.0. The Morgan fingerprint density at radius 1 is 1.06 bits per heavy atom. The minimum Gasteiger partial charge on any atom is -0.399 e. The van der Waals surface area contributed by atoms with Crippen LogP contribution in [-0.2, 0) is 6.54 Å². The van der Waals surface area contributed by atoms with Crippen LogP contribution in [-0.4, -0.2) is 18.0 Å². The molecule has 1 aromatic rings. The largest absolute Gasteiger partial charge is 0.399 e. The number of anilines is 1. The summed E-state index contributed by atoms with van der Waals surface area (Å²) < 4.78 is 0. The Morgan fingerprint density at radius 2 is 1.83 bits per heavy atom. The van der Waals surface area contributed by atoms with Crippen molar-refractivity contribution in [2.45, 2.75) is 52.5 Å². The average molecular weight is 248 g/mol. The summed E-state index contributed by atoms with van der Waals surface area (Å²) in [6, 6.07) is 8.24. The van der Waals surface area contributed by atoms with Crippen molar-refractivity contribution >= 4 is 5.69 Å². The van der Waals surface area contributed by atoms with Gasteiger partial charge in [0, 0.05) is 12.2 Å². The van der Waals surface area contributed by atoms with Crippen LogP contribution in [0.1, 0.15) is 51.5 Å². The van der Waals surface area contributed by atoms with Crippen molar-refractivity contribution < 1.29 is 0 Å². The van der Waals surface area contributed by atoms with Crippen molar-refractivity contribution in [3.05, 3.63) is 29.8 Å². The third kappa shape index (κ3) is 6.06. The van der Waals surface area contributed by atoms with E-state index in [2.05, 4.69) is 30.9 Å². The number of nitrogens with zero attached hydrogens (tertiary/aromatic N) is 1. The van der Waals surface area contributed by atoms with Crippen molar-refractivity contribution in [3.63, 3.8) is 0 Å². The number of hydrogen-bond acceptors (Lipinski definition) is 2. The normalized spacial score (nSPS) is 11.1. The topological polar surface area (TPSA) is 29.3 Å². The van der Waals surface area contributed by atoms with Gasteiger partial charge in [0.25, 0.3) is 0 Å². The highest BCUT2D eigenvalue weighted by Gasteiger charge is 2.03. The molecule has 102 valence electrons. The molecule has 2 N–H and O–H groups in total. The molecule has 1 aromatic carbocycles. The van der Waals surface area contributed by atoms with Crippen LogP contribution in [0.2, 0.25) is 0 Å². The van der Waals surface area contributed by atoms with Crippen LogP contribution in [0.5, 0.6) is 0 Å². The summed E-state index contributed by atoms with van der Waals surface area (Å²) in [4.78, 5) is 2.50. The van der Waals surface area contributed by atoms with Crippen molar-refractivity contribution in [2.75, 3.05) is 18.8 Å². The fourth-order valence-corrected chi connectivity index (χ4v) is 2.24. The molecule has 2 heteroatoms. The van der Waals surface area contributed by atoms with Gasteiger partial charge < -0.3 is 5.73 Å². The van der Waals surface area contributed by atoms with Crippen molar-refractivity contribution in [2.24, 2.45) is 0 Å². The van der Waals surface area contributed by atoms with Crippen LogP contribution in [0.3, 0.4) is 0 Å². The summed E-state index contributed by atoms with van der Waals surface area (Å²) in [5.74, 6) is 0. The van der Waals surface area contributed by atoms with Crippen LogP contribution < -0.4 is 5.73 Å². The van der Waals surface area contributed by atoms with Crippen molar-refractivity contribution in [1.29, 1.82) is 0 Å². The minimum atomic E-state index is 0.867. The maximum Gasteiger partial charge on any atom is 0.0317 e. The standard InChI is InChI=1S/C16H28N2/c1-3-5-6-7-8-12-18(4-2)14-15-10-9-11-16(17)13-15/h9-11,13H,3-8,12,14,17H2,1-2H3. The lowest BCUT2D eigenvalue weighted by atomic mass is 10.1. The average Bonchev–Trinajstić information content (AvgIpc) is 2.37. The zero-order chi connectivity index (χ0) is 13.2. The fourth-order valence-electron chi connectivity index (χ4n) is 2.24. The molecule has 0 aromatic heterocycles. The van der Waals surface area contributed by atoms with Crippen LogP contribution in [0, 0.1) is 0 Å². The molecule has 0 saturated carbocycles. The first-order chi connectivity index (χ1) is 8.76. The Bertz CT molecular complexity index is 323. The lowest BCUT2D eigenvalue weighted by molar-refractivity contribution is 0.272. The Balaban J connectivity index is 2.28. The summed E-state index contributed by atoms with van der Waals surface area (Å²) in [6.45, 7) is 7.84. The molecular weight excluding hydrogens is 220 g/mol. The fraction of sp³-hybridized carbons (Fsp3) is 0.625. The van der Waals surface area contributed by atoms with E-state index in [9.17, 15) is 0 Å². The Morgan fingerprint density at radius 3 is 2.50 bits per heavy atom. The second kappa shape index (κ2) is 8.98. The van der Waals surface area contributed by atoms with E-state index in [0.29, 0.717) is 0 Å². The van der Waals surface area contributed by atoms with Gasteiger partial charge in [-0.3, -0.25) is 4.90 Å². The van der Waals surface area contributed by atoms with E-state index in [1.165, 1.54) is 44.2 Å².